The van der Waals surface area contributed by atoms with E-state index in [1.165, 1.54) is 7.11 Å². The molecule has 1 N–H and O–H groups in total. The van der Waals surface area contributed by atoms with E-state index in [0.717, 1.165) is 5.56 Å². The maximum Gasteiger partial charge on any atom is 0.251 e. The zero-order valence-corrected chi connectivity index (χ0v) is 11.0. The number of hydrogen-bond acceptors (Lipinski definition) is 4. The van der Waals surface area contributed by atoms with Gasteiger partial charge in [-0.3, -0.25) is 4.79 Å². The van der Waals surface area contributed by atoms with E-state index >= 15 is 0 Å². The standard InChI is InChI=1S/C15H13N3O2/c1-20-14-8-12(5-6-17-14)10-18-15(19)13-4-2-3-11(7-13)9-16/h2-8H,10H2,1H3,(H,18,19). The van der Waals surface area contributed by atoms with Crippen molar-refractivity contribution in [1.29, 1.82) is 5.26 Å². The summed E-state index contributed by atoms with van der Waals surface area (Å²) in [6.45, 7) is 0.370. The number of aromatic nitrogens is 1. The van der Waals surface area contributed by atoms with Crippen molar-refractivity contribution in [1.82, 2.24) is 10.3 Å². The van der Waals surface area contributed by atoms with E-state index in [-0.39, 0.29) is 5.91 Å². The fourth-order valence-corrected chi connectivity index (χ4v) is 1.69. The highest BCUT2D eigenvalue weighted by molar-refractivity contribution is 5.94. The Kier molecular flexibility index (Phi) is 4.30. The molecule has 20 heavy (non-hydrogen) atoms. The van der Waals surface area contributed by atoms with Gasteiger partial charge >= 0.3 is 0 Å². The smallest absolute Gasteiger partial charge is 0.251 e. The van der Waals surface area contributed by atoms with Crippen molar-refractivity contribution in [3.05, 3.63) is 59.3 Å². The van der Waals surface area contributed by atoms with Gasteiger partial charge in [0.25, 0.3) is 5.91 Å². The van der Waals surface area contributed by atoms with E-state index < -0.39 is 0 Å². The zero-order valence-electron chi connectivity index (χ0n) is 11.0. The van der Waals surface area contributed by atoms with Crippen LogP contribution in [0.2, 0.25) is 0 Å². The van der Waals surface area contributed by atoms with E-state index in [0.29, 0.717) is 23.6 Å². The molecule has 1 amide bonds. The van der Waals surface area contributed by atoms with Gasteiger partial charge in [-0.1, -0.05) is 6.07 Å². The van der Waals surface area contributed by atoms with E-state index in [9.17, 15) is 4.79 Å². The summed E-state index contributed by atoms with van der Waals surface area (Å²) in [4.78, 5) is 16.0. The molecule has 1 heterocycles. The SMILES string of the molecule is COc1cc(CNC(=O)c2cccc(C#N)c2)ccn1. The second-order valence-corrected chi connectivity index (χ2v) is 4.08. The topological polar surface area (TPSA) is 75.0 Å². The number of nitrogens with one attached hydrogen (secondary N) is 1. The number of hydrogen-bond donors (Lipinski definition) is 1. The Bertz CT molecular complexity index is 662. The summed E-state index contributed by atoms with van der Waals surface area (Å²) >= 11 is 0. The number of carbonyl (C=O) groups is 1. The molecule has 0 fully saturated rings. The summed E-state index contributed by atoms with van der Waals surface area (Å²) in [7, 11) is 1.54. The molecular weight excluding hydrogens is 254 g/mol. The molecule has 2 rings (SSSR count). The molecule has 0 saturated heterocycles. The molecule has 100 valence electrons. The molecule has 0 saturated carbocycles. The first kappa shape index (κ1) is 13.6. The average Bonchev–Trinajstić information content (AvgIpc) is 2.52. The molecule has 5 heteroatoms. The predicted molar refractivity (Wildman–Crippen MR) is 73.1 cm³/mol. The van der Waals surface area contributed by atoms with Crippen molar-refractivity contribution in [2.24, 2.45) is 0 Å². The van der Waals surface area contributed by atoms with Gasteiger partial charge in [-0.25, -0.2) is 4.98 Å². The Balaban J connectivity index is 2.03. The molecule has 0 aliphatic heterocycles. The Hall–Kier alpha value is -2.87. The fourth-order valence-electron chi connectivity index (χ4n) is 1.69. The first-order valence-electron chi connectivity index (χ1n) is 6.00. The van der Waals surface area contributed by atoms with Crippen molar-refractivity contribution in [3.63, 3.8) is 0 Å². The lowest BCUT2D eigenvalue weighted by Gasteiger charge is -2.06. The minimum atomic E-state index is -0.224. The molecule has 2 aromatic rings. The van der Waals surface area contributed by atoms with Gasteiger partial charge in [0.1, 0.15) is 0 Å². The molecule has 0 radical (unpaired) electrons. The summed E-state index contributed by atoms with van der Waals surface area (Å²) in [5.41, 5.74) is 1.81. The quantitative estimate of drug-likeness (QED) is 0.917. The maximum atomic E-state index is 12.0. The number of amides is 1. The van der Waals surface area contributed by atoms with E-state index in [2.05, 4.69) is 10.3 Å². The Morgan fingerprint density at radius 3 is 3.00 bits per heavy atom. The monoisotopic (exact) mass is 267 g/mol. The third-order valence-electron chi connectivity index (χ3n) is 2.72. The van der Waals surface area contributed by atoms with Crippen LogP contribution >= 0.6 is 0 Å². The summed E-state index contributed by atoms with van der Waals surface area (Å²) in [5, 5.41) is 11.6. The minimum absolute atomic E-state index is 0.224. The van der Waals surface area contributed by atoms with Crippen molar-refractivity contribution in [3.8, 4) is 11.9 Å². The van der Waals surface area contributed by atoms with E-state index in [1.54, 1.807) is 42.6 Å². The highest BCUT2D eigenvalue weighted by atomic mass is 16.5. The number of benzene rings is 1. The summed E-state index contributed by atoms with van der Waals surface area (Å²) in [6, 6.07) is 12.1. The van der Waals surface area contributed by atoms with Gasteiger partial charge in [-0.05, 0) is 29.8 Å². The molecule has 0 atom stereocenters. The first-order valence-corrected chi connectivity index (χ1v) is 6.00. The lowest BCUT2D eigenvalue weighted by Crippen LogP contribution is -2.22. The van der Waals surface area contributed by atoms with Crippen molar-refractivity contribution >= 4 is 5.91 Å². The Morgan fingerprint density at radius 1 is 1.40 bits per heavy atom. The van der Waals surface area contributed by atoms with Gasteiger partial charge < -0.3 is 10.1 Å². The number of nitriles is 1. The first-order chi connectivity index (χ1) is 9.72. The van der Waals surface area contributed by atoms with Gasteiger partial charge in [0.2, 0.25) is 5.88 Å². The van der Waals surface area contributed by atoms with Crippen LogP contribution in [0.15, 0.2) is 42.6 Å². The number of pyridine rings is 1. The highest BCUT2D eigenvalue weighted by Gasteiger charge is 2.06. The minimum Gasteiger partial charge on any atom is -0.481 e. The van der Waals surface area contributed by atoms with Crippen LogP contribution in [0.25, 0.3) is 0 Å². The molecule has 0 bridgehead atoms. The van der Waals surface area contributed by atoms with Crippen LogP contribution in [0.3, 0.4) is 0 Å². The van der Waals surface area contributed by atoms with Crippen LogP contribution in [-0.4, -0.2) is 18.0 Å². The predicted octanol–water partition coefficient (Wildman–Crippen LogP) is 1.89. The van der Waals surface area contributed by atoms with Crippen LogP contribution in [0.5, 0.6) is 5.88 Å². The highest BCUT2D eigenvalue weighted by Crippen LogP contribution is 2.09. The molecule has 0 aliphatic rings. The van der Waals surface area contributed by atoms with Gasteiger partial charge in [0.05, 0.1) is 18.7 Å². The van der Waals surface area contributed by atoms with E-state index in [4.69, 9.17) is 10.00 Å². The van der Waals surface area contributed by atoms with Crippen molar-refractivity contribution in [2.45, 2.75) is 6.54 Å². The molecule has 5 nitrogen and oxygen atoms in total. The van der Waals surface area contributed by atoms with Crippen LogP contribution in [-0.2, 0) is 6.54 Å². The molecular formula is C15H13N3O2. The maximum absolute atomic E-state index is 12.0. The molecule has 0 spiro atoms. The lowest BCUT2D eigenvalue weighted by atomic mass is 10.1. The zero-order chi connectivity index (χ0) is 14.4. The van der Waals surface area contributed by atoms with Crippen LogP contribution in [0, 0.1) is 11.3 Å². The molecule has 1 aromatic heterocycles. The number of methoxy groups -OCH3 is 1. The van der Waals surface area contributed by atoms with Crippen molar-refractivity contribution < 1.29 is 9.53 Å². The lowest BCUT2D eigenvalue weighted by molar-refractivity contribution is 0.0951. The Labute approximate surface area is 116 Å². The second kappa shape index (κ2) is 6.34. The summed E-state index contributed by atoms with van der Waals surface area (Å²) < 4.78 is 5.02. The van der Waals surface area contributed by atoms with Gasteiger partial charge in [0.15, 0.2) is 0 Å². The second-order valence-electron chi connectivity index (χ2n) is 4.08. The molecule has 1 aromatic carbocycles. The number of ether oxygens (including phenoxy) is 1. The van der Waals surface area contributed by atoms with Gasteiger partial charge in [0, 0.05) is 24.4 Å². The average molecular weight is 267 g/mol. The number of rotatable bonds is 4. The third-order valence-corrected chi connectivity index (χ3v) is 2.72. The molecule has 0 unspecified atom stereocenters. The normalized spacial score (nSPS) is 9.60. The fraction of sp³-hybridized carbons (Fsp3) is 0.133. The number of nitrogens with zero attached hydrogens (tertiary/aromatic N) is 2. The Morgan fingerprint density at radius 2 is 2.25 bits per heavy atom. The third kappa shape index (κ3) is 3.33. The largest absolute Gasteiger partial charge is 0.481 e. The van der Waals surface area contributed by atoms with Gasteiger partial charge in [-0.2, -0.15) is 5.26 Å². The number of carbonyl (C=O) groups excluding carboxylic acids is 1. The van der Waals surface area contributed by atoms with Crippen molar-refractivity contribution in [2.75, 3.05) is 7.11 Å². The van der Waals surface area contributed by atoms with E-state index in [1.807, 2.05) is 6.07 Å². The van der Waals surface area contributed by atoms with Crippen LogP contribution in [0.4, 0.5) is 0 Å². The molecule has 0 aliphatic carbocycles. The summed E-state index contributed by atoms with van der Waals surface area (Å²) in [6.07, 6.45) is 1.62. The summed E-state index contributed by atoms with van der Waals surface area (Å²) in [5.74, 6) is 0.279. The van der Waals surface area contributed by atoms with Gasteiger partial charge in [-0.15, -0.1) is 0 Å². The van der Waals surface area contributed by atoms with Crippen LogP contribution < -0.4 is 10.1 Å². The van der Waals surface area contributed by atoms with Crippen LogP contribution in [0.1, 0.15) is 21.5 Å².